The normalized spacial score (nSPS) is 14.9. The second-order valence-electron chi connectivity index (χ2n) is 3.73. The molecule has 0 aliphatic heterocycles. The van der Waals surface area contributed by atoms with Crippen LogP contribution in [-0.4, -0.2) is 30.2 Å². The highest BCUT2D eigenvalue weighted by Crippen LogP contribution is 2.03. The number of hydrogen-bond donors (Lipinski definition) is 3. The lowest BCUT2D eigenvalue weighted by molar-refractivity contribution is -0.122. The molecule has 0 aromatic carbocycles. The predicted molar refractivity (Wildman–Crippen MR) is 56.8 cm³/mol. The fraction of sp³-hybridized carbons (Fsp3) is 0.900. The SMILES string of the molecule is CC[C@H](CO)NC(=O)CCC(C)CN. The molecular formula is C10H22N2O2. The number of aliphatic hydroxyl groups excluding tert-OH is 1. The topological polar surface area (TPSA) is 75.3 Å². The minimum absolute atomic E-state index is 0.00574. The first kappa shape index (κ1) is 13.4. The van der Waals surface area contributed by atoms with E-state index in [4.69, 9.17) is 10.8 Å². The second kappa shape index (κ2) is 7.76. The lowest BCUT2D eigenvalue weighted by Crippen LogP contribution is -2.37. The third-order valence-electron chi connectivity index (χ3n) is 2.34. The highest BCUT2D eigenvalue weighted by atomic mass is 16.3. The van der Waals surface area contributed by atoms with Crippen molar-refractivity contribution in [3.05, 3.63) is 0 Å². The van der Waals surface area contributed by atoms with Gasteiger partial charge < -0.3 is 16.2 Å². The summed E-state index contributed by atoms with van der Waals surface area (Å²) in [6.45, 7) is 4.58. The number of amides is 1. The van der Waals surface area contributed by atoms with Crippen LogP contribution in [0.5, 0.6) is 0 Å². The zero-order valence-corrected chi connectivity index (χ0v) is 9.12. The largest absolute Gasteiger partial charge is 0.394 e. The Morgan fingerprint density at radius 3 is 2.64 bits per heavy atom. The van der Waals surface area contributed by atoms with E-state index in [0.717, 1.165) is 12.8 Å². The molecule has 4 nitrogen and oxygen atoms in total. The molecule has 1 amide bonds. The molecule has 0 aromatic heterocycles. The summed E-state index contributed by atoms with van der Waals surface area (Å²) >= 11 is 0. The first-order valence-corrected chi connectivity index (χ1v) is 5.24. The van der Waals surface area contributed by atoms with Gasteiger partial charge in [-0.2, -0.15) is 0 Å². The summed E-state index contributed by atoms with van der Waals surface area (Å²) in [5.41, 5.74) is 5.44. The van der Waals surface area contributed by atoms with E-state index < -0.39 is 0 Å². The van der Waals surface area contributed by atoms with Crippen molar-refractivity contribution >= 4 is 5.91 Å². The number of rotatable bonds is 7. The van der Waals surface area contributed by atoms with Crippen LogP contribution >= 0.6 is 0 Å². The Bertz CT molecular complexity index is 158. The van der Waals surface area contributed by atoms with Crippen LogP contribution in [0.15, 0.2) is 0 Å². The molecular weight excluding hydrogens is 180 g/mol. The zero-order chi connectivity index (χ0) is 11.0. The average molecular weight is 202 g/mol. The zero-order valence-electron chi connectivity index (χ0n) is 9.12. The van der Waals surface area contributed by atoms with Crippen LogP contribution in [0, 0.1) is 5.92 Å². The van der Waals surface area contributed by atoms with Gasteiger partial charge in [0.1, 0.15) is 0 Å². The number of hydrogen-bond acceptors (Lipinski definition) is 3. The summed E-state index contributed by atoms with van der Waals surface area (Å²) in [5, 5.41) is 11.6. The van der Waals surface area contributed by atoms with Gasteiger partial charge in [-0.05, 0) is 25.3 Å². The molecule has 1 unspecified atom stereocenters. The Hall–Kier alpha value is -0.610. The summed E-state index contributed by atoms with van der Waals surface area (Å²) < 4.78 is 0. The van der Waals surface area contributed by atoms with Crippen LogP contribution in [0.2, 0.25) is 0 Å². The Balaban J connectivity index is 3.64. The fourth-order valence-electron chi connectivity index (χ4n) is 1.07. The van der Waals surface area contributed by atoms with Crippen LogP contribution < -0.4 is 11.1 Å². The van der Waals surface area contributed by atoms with Gasteiger partial charge in [0.15, 0.2) is 0 Å². The smallest absolute Gasteiger partial charge is 0.220 e. The van der Waals surface area contributed by atoms with E-state index in [1.165, 1.54) is 0 Å². The molecule has 0 fully saturated rings. The molecule has 0 saturated heterocycles. The van der Waals surface area contributed by atoms with Crippen LogP contribution in [-0.2, 0) is 4.79 Å². The number of aliphatic hydroxyl groups is 1. The Labute approximate surface area is 85.9 Å². The minimum Gasteiger partial charge on any atom is -0.394 e. The molecule has 0 rings (SSSR count). The Kier molecular flexibility index (Phi) is 7.42. The second-order valence-corrected chi connectivity index (χ2v) is 3.73. The van der Waals surface area contributed by atoms with Gasteiger partial charge in [0.25, 0.3) is 0 Å². The molecule has 14 heavy (non-hydrogen) atoms. The van der Waals surface area contributed by atoms with Crippen molar-refractivity contribution in [2.75, 3.05) is 13.2 Å². The third-order valence-corrected chi connectivity index (χ3v) is 2.34. The molecule has 0 aliphatic rings. The molecule has 4 heteroatoms. The van der Waals surface area contributed by atoms with E-state index in [1.807, 2.05) is 13.8 Å². The van der Waals surface area contributed by atoms with Gasteiger partial charge >= 0.3 is 0 Å². The van der Waals surface area contributed by atoms with Gasteiger partial charge in [-0.25, -0.2) is 0 Å². The van der Waals surface area contributed by atoms with Crippen LogP contribution in [0.4, 0.5) is 0 Å². The van der Waals surface area contributed by atoms with Crippen molar-refractivity contribution in [3.63, 3.8) is 0 Å². The van der Waals surface area contributed by atoms with Crippen LogP contribution in [0.3, 0.4) is 0 Å². The summed E-state index contributed by atoms with van der Waals surface area (Å²) in [6.07, 6.45) is 2.06. The molecule has 84 valence electrons. The standard InChI is InChI=1S/C10H22N2O2/c1-3-9(7-13)12-10(14)5-4-8(2)6-11/h8-9,13H,3-7,11H2,1-2H3,(H,12,14)/t8?,9-/m1/s1. The highest BCUT2D eigenvalue weighted by Gasteiger charge is 2.09. The van der Waals surface area contributed by atoms with Crippen molar-refractivity contribution in [1.82, 2.24) is 5.32 Å². The number of carbonyl (C=O) groups excluding carboxylic acids is 1. The molecule has 0 radical (unpaired) electrons. The Morgan fingerprint density at radius 1 is 1.57 bits per heavy atom. The first-order chi connectivity index (χ1) is 6.63. The molecule has 4 N–H and O–H groups in total. The Morgan fingerprint density at radius 2 is 2.21 bits per heavy atom. The van der Waals surface area contributed by atoms with Crippen molar-refractivity contribution in [2.45, 2.75) is 39.2 Å². The molecule has 0 aromatic rings. The molecule has 0 bridgehead atoms. The van der Waals surface area contributed by atoms with Crippen molar-refractivity contribution in [3.8, 4) is 0 Å². The number of nitrogens with one attached hydrogen (secondary N) is 1. The van der Waals surface area contributed by atoms with E-state index in [1.54, 1.807) is 0 Å². The summed E-state index contributed by atoms with van der Waals surface area (Å²) in [4.78, 5) is 11.3. The quantitative estimate of drug-likeness (QED) is 0.554. The lowest BCUT2D eigenvalue weighted by atomic mass is 10.1. The van der Waals surface area contributed by atoms with Gasteiger partial charge in [0.05, 0.1) is 12.6 Å². The van der Waals surface area contributed by atoms with Gasteiger partial charge in [0, 0.05) is 6.42 Å². The highest BCUT2D eigenvalue weighted by molar-refractivity contribution is 5.76. The average Bonchev–Trinajstić information content (AvgIpc) is 2.22. The van der Waals surface area contributed by atoms with Gasteiger partial charge in [-0.3, -0.25) is 4.79 Å². The van der Waals surface area contributed by atoms with E-state index >= 15 is 0 Å². The first-order valence-electron chi connectivity index (χ1n) is 5.24. The minimum atomic E-state index is -0.101. The van der Waals surface area contributed by atoms with Crippen LogP contribution in [0.1, 0.15) is 33.1 Å². The van der Waals surface area contributed by atoms with Crippen molar-refractivity contribution in [1.29, 1.82) is 0 Å². The predicted octanol–water partition coefficient (Wildman–Crippen LogP) is 0.249. The van der Waals surface area contributed by atoms with E-state index in [9.17, 15) is 4.79 Å². The lowest BCUT2D eigenvalue weighted by Gasteiger charge is -2.14. The van der Waals surface area contributed by atoms with Gasteiger partial charge in [-0.1, -0.05) is 13.8 Å². The molecule has 0 saturated carbocycles. The monoisotopic (exact) mass is 202 g/mol. The van der Waals surface area contributed by atoms with E-state index in [-0.39, 0.29) is 18.6 Å². The summed E-state index contributed by atoms with van der Waals surface area (Å²) in [5.74, 6) is 0.390. The maximum absolute atomic E-state index is 11.3. The van der Waals surface area contributed by atoms with Gasteiger partial charge in [0.2, 0.25) is 5.91 Å². The molecule has 2 atom stereocenters. The molecule has 0 spiro atoms. The van der Waals surface area contributed by atoms with Crippen LogP contribution in [0.25, 0.3) is 0 Å². The molecule has 0 heterocycles. The summed E-state index contributed by atoms with van der Waals surface area (Å²) in [6, 6.07) is -0.101. The molecule has 0 aliphatic carbocycles. The van der Waals surface area contributed by atoms with E-state index in [2.05, 4.69) is 5.32 Å². The fourth-order valence-corrected chi connectivity index (χ4v) is 1.07. The van der Waals surface area contributed by atoms with Crippen molar-refractivity contribution in [2.24, 2.45) is 11.7 Å². The maximum atomic E-state index is 11.3. The number of nitrogens with two attached hydrogens (primary N) is 1. The van der Waals surface area contributed by atoms with Gasteiger partial charge in [-0.15, -0.1) is 0 Å². The summed E-state index contributed by atoms with van der Waals surface area (Å²) in [7, 11) is 0. The number of carbonyl (C=O) groups is 1. The third kappa shape index (κ3) is 5.94. The maximum Gasteiger partial charge on any atom is 0.220 e. The van der Waals surface area contributed by atoms with Crippen molar-refractivity contribution < 1.29 is 9.90 Å². The van der Waals surface area contributed by atoms with E-state index in [0.29, 0.717) is 18.9 Å².